The molecule has 0 aliphatic carbocycles. The second kappa shape index (κ2) is 8.78. The number of likely N-dealkylation sites (tertiary alicyclic amines) is 1. The number of para-hydroxylation sites is 1. The number of rotatable bonds is 7. The fourth-order valence-electron chi connectivity index (χ4n) is 6.20. The van der Waals surface area contributed by atoms with E-state index in [1.807, 2.05) is 20.8 Å². The monoisotopic (exact) mass is 493 g/mol. The molecule has 7 nitrogen and oxygen atoms in total. The van der Waals surface area contributed by atoms with Gasteiger partial charge < -0.3 is 20.6 Å². The Morgan fingerprint density at radius 2 is 1.97 bits per heavy atom. The molecule has 3 amide bonds. The van der Waals surface area contributed by atoms with Gasteiger partial charge in [-0.1, -0.05) is 37.6 Å². The van der Waals surface area contributed by atoms with Crippen LogP contribution >= 0.6 is 23.4 Å². The maximum Gasteiger partial charge on any atom is 0.248 e. The Balaban J connectivity index is 1.80. The SMILES string of the molecule is CNC(=O)[C@@H]1[C@H]2C(=O)N([C@@H](CO)CC(C)C)C(C(=O)Nc3ccccc3Cl)C23CC[C@@]1(C)S3. The van der Waals surface area contributed by atoms with Crippen molar-refractivity contribution in [1.82, 2.24) is 10.2 Å². The molecular formula is C24H32ClN3O4S. The van der Waals surface area contributed by atoms with Gasteiger partial charge in [0.2, 0.25) is 17.7 Å². The molecule has 180 valence electrons. The van der Waals surface area contributed by atoms with Crippen LogP contribution in [0.2, 0.25) is 5.02 Å². The Hall–Kier alpha value is -1.77. The number of thioether (sulfide) groups is 1. The number of carbonyl (C=O) groups excluding carboxylic acids is 3. The molecule has 3 saturated heterocycles. The number of nitrogens with one attached hydrogen (secondary N) is 2. The highest BCUT2D eigenvalue weighted by atomic mass is 35.5. The van der Waals surface area contributed by atoms with E-state index in [0.29, 0.717) is 23.6 Å². The Bertz CT molecular complexity index is 975. The predicted octanol–water partition coefficient (Wildman–Crippen LogP) is 2.91. The van der Waals surface area contributed by atoms with Gasteiger partial charge in [0.15, 0.2) is 0 Å². The number of aliphatic hydroxyl groups is 1. The highest BCUT2D eigenvalue weighted by molar-refractivity contribution is 8.02. The van der Waals surface area contributed by atoms with Gasteiger partial charge in [0.1, 0.15) is 6.04 Å². The molecule has 6 atom stereocenters. The summed E-state index contributed by atoms with van der Waals surface area (Å²) in [6, 6.07) is 5.69. The smallest absolute Gasteiger partial charge is 0.248 e. The lowest BCUT2D eigenvalue weighted by Gasteiger charge is -2.37. The van der Waals surface area contributed by atoms with Crippen molar-refractivity contribution in [2.24, 2.45) is 17.8 Å². The third-order valence-electron chi connectivity index (χ3n) is 7.47. The van der Waals surface area contributed by atoms with E-state index in [9.17, 15) is 19.5 Å². The highest BCUT2D eigenvalue weighted by Crippen LogP contribution is 2.71. The fraction of sp³-hybridized carbons (Fsp3) is 0.625. The highest BCUT2D eigenvalue weighted by Gasteiger charge is 2.77. The second-order valence-corrected chi connectivity index (χ2v) is 12.3. The summed E-state index contributed by atoms with van der Waals surface area (Å²) in [6.45, 7) is 5.84. The average molecular weight is 494 g/mol. The van der Waals surface area contributed by atoms with Crippen molar-refractivity contribution in [1.29, 1.82) is 0 Å². The van der Waals surface area contributed by atoms with Crippen molar-refractivity contribution in [2.45, 2.75) is 61.6 Å². The molecule has 1 aromatic rings. The zero-order valence-corrected chi connectivity index (χ0v) is 21.0. The summed E-state index contributed by atoms with van der Waals surface area (Å²) in [6.07, 6.45) is 1.97. The van der Waals surface area contributed by atoms with E-state index in [4.69, 9.17) is 11.6 Å². The quantitative estimate of drug-likeness (QED) is 0.542. The first-order valence-corrected chi connectivity index (χ1v) is 12.7. The molecular weight excluding hydrogens is 462 g/mol. The molecule has 3 aliphatic rings. The zero-order valence-electron chi connectivity index (χ0n) is 19.4. The molecule has 3 heterocycles. The first-order chi connectivity index (χ1) is 15.6. The Morgan fingerprint density at radius 3 is 2.58 bits per heavy atom. The largest absolute Gasteiger partial charge is 0.394 e. The minimum absolute atomic E-state index is 0.165. The Labute approximate surface area is 204 Å². The van der Waals surface area contributed by atoms with E-state index in [2.05, 4.69) is 10.6 Å². The van der Waals surface area contributed by atoms with Crippen LogP contribution in [0.3, 0.4) is 0 Å². The molecule has 0 saturated carbocycles. The lowest BCUT2D eigenvalue weighted by molar-refractivity contribution is -0.142. The third-order valence-corrected chi connectivity index (χ3v) is 9.79. The van der Waals surface area contributed by atoms with Gasteiger partial charge in [-0.05, 0) is 44.2 Å². The number of halogens is 1. The van der Waals surface area contributed by atoms with Crippen LogP contribution < -0.4 is 10.6 Å². The number of nitrogens with zero attached hydrogens (tertiary/aromatic N) is 1. The van der Waals surface area contributed by atoms with E-state index in [1.54, 1.807) is 48.0 Å². The molecule has 1 spiro atoms. The summed E-state index contributed by atoms with van der Waals surface area (Å²) in [4.78, 5) is 42.4. The van der Waals surface area contributed by atoms with E-state index < -0.39 is 33.4 Å². The number of carbonyl (C=O) groups is 3. The normalized spacial score (nSPS) is 33.4. The molecule has 9 heteroatoms. The predicted molar refractivity (Wildman–Crippen MR) is 130 cm³/mol. The average Bonchev–Trinajstić information content (AvgIpc) is 3.33. The van der Waals surface area contributed by atoms with Gasteiger partial charge in [-0.15, -0.1) is 11.8 Å². The van der Waals surface area contributed by atoms with Gasteiger partial charge in [-0.25, -0.2) is 0 Å². The molecule has 2 bridgehead atoms. The molecule has 2 unspecified atom stereocenters. The van der Waals surface area contributed by atoms with Crippen LogP contribution in [0.4, 0.5) is 5.69 Å². The van der Waals surface area contributed by atoms with Gasteiger partial charge in [0, 0.05) is 11.8 Å². The number of anilines is 1. The molecule has 4 rings (SSSR count). The van der Waals surface area contributed by atoms with Crippen LogP contribution in [-0.4, -0.2) is 63.0 Å². The minimum atomic E-state index is -0.802. The van der Waals surface area contributed by atoms with E-state index in [1.165, 1.54) is 0 Å². The fourth-order valence-corrected chi connectivity index (χ4v) is 8.72. The minimum Gasteiger partial charge on any atom is -0.394 e. The summed E-state index contributed by atoms with van der Waals surface area (Å²) in [5.74, 6) is -1.61. The van der Waals surface area contributed by atoms with Crippen molar-refractivity contribution in [3.63, 3.8) is 0 Å². The summed E-state index contributed by atoms with van der Waals surface area (Å²) >= 11 is 7.91. The molecule has 3 fully saturated rings. The summed E-state index contributed by atoms with van der Waals surface area (Å²) in [5.41, 5.74) is 0.479. The van der Waals surface area contributed by atoms with Crippen molar-refractivity contribution in [3.8, 4) is 0 Å². The van der Waals surface area contributed by atoms with Crippen LogP contribution in [0, 0.1) is 17.8 Å². The molecule has 3 aliphatic heterocycles. The van der Waals surface area contributed by atoms with Gasteiger partial charge in [0.25, 0.3) is 0 Å². The van der Waals surface area contributed by atoms with E-state index >= 15 is 0 Å². The summed E-state index contributed by atoms with van der Waals surface area (Å²) in [5, 5.41) is 16.3. The lowest BCUT2D eigenvalue weighted by atomic mass is 9.66. The zero-order chi connectivity index (χ0) is 24.1. The Kier molecular flexibility index (Phi) is 6.48. The van der Waals surface area contributed by atoms with Crippen LogP contribution in [0.5, 0.6) is 0 Å². The van der Waals surface area contributed by atoms with Crippen molar-refractivity contribution in [2.75, 3.05) is 19.0 Å². The summed E-state index contributed by atoms with van der Waals surface area (Å²) in [7, 11) is 1.59. The maximum absolute atomic E-state index is 14.0. The van der Waals surface area contributed by atoms with Gasteiger partial charge in [0.05, 0.1) is 39.9 Å². The van der Waals surface area contributed by atoms with Crippen LogP contribution in [0.1, 0.15) is 40.0 Å². The number of benzene rings is 1. The molecule has 0 radical (unpaired) electrons. The van der Waals surface area contributed by atoms with E-state index in [0.717, 1.165) is 6.42 Å². The number of hydrogen-bond donors (Lipinski definition) is 3. The number of amides is 3. The number of fused-ring (bicyclic) bond motifs is 1. The van der Waals surface area contributed by atoms with Crippen molar-refractivity contribution < 1.29 is 19.5 Å². The van der Waals surface area contributed by atoms with E-state index in [-0.39, 0.29) is 30.2 Å². The van der Waals surface area contributed by atoms with Crippen LogP contribution in [-0.2, 0) is 14.4 Å². The first-order valence-electron chi connectivity index (χ1n) is 11.5. The molecule has 33 heavy (non-hydrogen) atoms. The number of aliphatic hydroxyl groups excluding tert-OH is 1. The van der Waals surface area contributed by atoms with Crippen molar-refractivity contribution in [3.05, 3.63) is 29.3 Å². The van der Waals surface area contributed by atoms with Crippen molar-refractivity contribution >= 4 is 46.8 Å². The van der Waals surface area contributed by atoms with Gasteiger partial charge in [-0.3, -0.25) is 14.4 Å². The van der Waals surface area contributed by atoms with Gasteiger partial charge in [-0.2, -0.15) is 0 Å². The maximum atomic E-state index is 14.0. The number of hydrogen-bond acceptors (Lipinski definition) is 5. The summed E-state index contributed by atoms with van der Waals surface area (Å²) < 4.78 is -1.14. The first kappa shape index (κ1) is 24.4. The molecule has 3 N–H and O–H groups in total. The Morgan fingerprint density at radius 1 is 1.27 bits per heavy atom. The van der Waals surface area contributed by atoms with Crippen LogP contribution in [0.15, 0.2) is 24.3 Å². The lowest BCUT2D eigenvalue weighted by Crippen LogP contribution is -2.55. The second-order valence-electron chi connectivity index (χ2n) is 10.0. The molecule has 0 aromatic heterocycles. The van der Waals surface area contributed by atoms with Crippen LogP contribution in [0.25, 0.3) is 0 Å². The third kappa shape index (κ3) is 3.74. The standard InChI is InChI=1S/C24H32ClN3O4S/c1-13(2)11-14(12-29)28-19(21(31)27-16-8-6-5-7-15(16)25)24-10-9-23(3,33-24)17(20(30)26-4)18(24)22(28)32/h5-8,13-14,17-19,29H,9-12H2,1-4H3,(H,26,30)(H,27,31)/t14-,17+,18+,19?,23-,24?/m1/s1. The van der Waals surface area contributed by atoms with Gasteiger partial charge >= 0.3 is 0 Å². The molecule has 1 aromatic carbocycles. The topological polar surface area (TPSA) is 98.7 Å².